The van der Waals surface area contributed by atoms with Crippen molar-refractivity contribution in [2.24, 2.45) is 5.16 Å². The highest BCUT2D eigenvalue weighted by Crippen LogP contribution is 2.34. The van der Waals surface area contributed by atoms with Gasteiger partial charge >= 0.3 is 0 Å². The van der Waals surface area contributed by atoms with Crippen LogP contribution in [-0.4, -0.2) is 29.2 Å². The van der Waals surface area contributed by atoms with Gasteiger partial charge in [-0.15, -0.1) is 0 Å². The highest BCUT2D eigenvalue weighted by Gasteiger charge is 2.34. The lowest BCUT2D eigenvalue weighted by atomic mass is 10.0. The third kappa shape index (κ3) is 2.97. The second kappa shape index (κ2) is 6.97. The number of Topliss-reactive ketones (excluding diaryl/α,β-unsaturated/α-hetero) is 1. The summed E-state index contributed by atoms with van der Waals surface area (Å²) in [7, 11) is 0. The second-order valence-corrected chi connectivity index (χ2v) is 6.43. The highest BCUT2D eigenvalue weighted by molar-refractivity contribution is 7.08. The van der Waals surface area contributed by atoms with Crippen molar-refractivity contribution in [3.05, 3.63) is 40.6 Å². The molecule has 3 rings (SSSR count). The van der Waals surface area contributed by atoms with E-state index in [-0.39, 0.29) is 17.4 Å². The zero-order valence-electron chi connectivity index (χ0n) is 13.4. The third-order valence-electron chi connectivity index (χ3n) is 4.18. The molecule has 124 valence electrons. The zero-order valence-corrected chi connectivity index (χ0v) is 14.2. The number of carbonyl (C=O) groups excluding carboxylic acids is 2. The number of thiophene rings is 1. The van der Waals surface area contributed by atoms with Crippen LogP contribution in [0.3, 0.4) is 0 Å². The molecule has 0 spiro atoms. The molecule has 6 heteroatoms. The number of fused-ring (bicyclic) bond motifs is 1. The molecule has 0 radical (unpaired) electrons. The van der Waals surface area contributed by atoms with E-state index in [4.69, 9.17) is 0 Å². The van der Waals surface area contributed by atoms with Crippen molar-refractivity contribution in [2.75, 3.05) is 11.4 Å². The molecule has 0 unspecified atom stereocenters. The summed E-state index contributed by atoms with van der Waals surface area (Å²) < 4.78 is 0. The highest BCUT2D eigenvalue weighted by atomic mass is 32.1. The Morgan fingerprint density at radius 3 is 2.79 bits per heavy atom. The number of hydrogen-bond acceptors (Lipinski definition) is 5. The Morgan fingerprint density at radius 1 is 1.29 bits per heavy atom. The van der Waals surface area contributed by atoms with Gasteiger partial charge < -0.3 is 10.1 Å². The first-order chi connectivity index (χ1) is 11.7. The van der Waals surface area contributed by atoms with Gasteiger partial charge in [-0.05, 0) is 46.5 Å². The molecule has 2 aromatic rings. The summed E-state index contributed by atoms with van der Waals surface area (Å²) in [4.78, 5) is 25.6. The van der Waals surface area contributed by atoms with Crippen molar-refractivity contribution < 1.29 is 14.8 Å². The molecular formula is C18H18N2O3S. The summed E-state index contributed by atoms with van der Waals surface area (Å²) in [5.41, 5.74) is 3.52. The van der Waals surface area contributed by atoms with E-state index >= 15 is 0 Å². The summed E-state index contributed by atoms with van der Waals surface area (Å²) in [5.74, 6) is -0.135. The lowest BCUT2D eigenvalue weighted by molar-refractivity contribution is -0.119. The minimum Gasteiger partial charge on any atom is -0.410 e. The van der Waals surface area contributed by atoms with E-state index in [0.717, 1.165) is 16.8 Å². The predicted octanol–water partition coefficient (Wildman–Crippen LogP) is 3.70. The molecule has 24 heavy (non-hydrogen) atoms. The molecule has 5 nitrogen and oxygen atoms in total. The van der Waals surface area contributed by atoms with Gasteiger partial charge in [-0.25, -0.2) is 0 Å². The summed E-state index contributed by atoms with van der Waals surface area (Å²) >= 11 is 1.61. The Balaban J connectivity index is 1.90. The van der Waals surface area contributed by atoms with Crippen LogP contribution in [0.4, 0.5) is 5.69 Å². The van der Waals surface area contributed by atoms with E-state index in [1.165, 1.54) is 0 Å². The molecule has 0 saturated heterocycles. The van der Waals surface area contributed by atoms with Gasteiger partial charge in [0.05, 0.1) is 5.69 Å². The van der Waals surface area contributed by atoms with Crippen LogP contribution < -0.4 is 4.90 Å². The van der Waals surface area contributed by atoms with E-state index in [0.29, 0.717) is 31.4 Å². The molecule has 0 saturated carbocycles. The van der Waals surface area contributed by atoms with E-state index < -0.39 is 0 Å². The van der Waals surface area contributed by atoms with Crippen LogP contribution in [-0.2, 0) is 9.59 Å². The first kappa shape index (κ1) is 16.4. The number of oxime groups is 1. The van der Waals surface area contributed by atoms with Crippen LogP contribution in [0.1, 0.15) is 31.7 Å². The van der Waals surface area contributed by atoms with Gasteiger partial charge in [-0.3, -0.25) is 9.59 Å². The first-order valence-electron chi connectivity index (χ1n) is 7.88. The Morgan fingerprint density at radius 2 is 2.12 bits per heavy atom. The Labute approximate surface area is 144 Å². The number of anilines is 1. The van der Waals surface area contributed by atoms with Crippen LogP contribution in [0.25, 0.3) is 11.1 Å². The molecule has 1 amide bonds. The quantitative estimate of drug-likeness (QED) is 0.643. The minimum atomic E-state index is -0.320. The number of hydrogen-bond donors (Lipinski definition) is 1. The summed E-state index contributed by atoms with van der Waals surface area (Å²) in [6, 6.07) is 7.69. The Bertz CT molecular complexity index is 797. The molecule has 2 heterocycles. The summed E-state index contributed by atoms with van der Waals surface area (Å²) in [6.45, 7) is 2.27. The van der Waals surface area contributed by atoms with Crippen molar-refractivity contribution >= 4 is 34.4 Å². The van der Waals surface area contributed by atoms with Gasteiger partial charge in [0.15, 0.2) is 5.71 Å². The van der Waals surface area contributed by atoms with Crippen LogP contribution in [0.15, 0.2) is 40.2 Å². The van der Waals surface area contributed by atoms with Crippen LogP contribution >= 0.6 is 11.3 Å². The van der Waals surface area contributed by atoms with Crippen LogP contribution in [0, 0.1) is 0 Å². The average molecular weight is 342 g/mol. The molecule has 1 aromatic heterocycles. The third-order valence-corrected chi connectivity index (χ3v) is 4.86. The molecule has 0 aliphatic carbocycles. The maximum atomic E-state index is 12.5. The largest absolute Gasteiger partial charge is 0.410 e. The lowest BCUT2D eigenvalue weighted by Crippen LogP contribution is -2.31. The lowest BCUT2D eigenvalue weighted by Gasteiger charge is -2.17. The van der Waals surface area contributed by atoms with E-state index in [1.807, 2.05) is 41.9 Å². The molecule has 1 N–H and O–H groups in total. The van der Waals surface area contributed by atoms with E-state index in [1.54, 1.807) is 16.2 Å². The minimum absolute atomic E-state index is 0.0590. The van der Waals surface area contributed by atoms with Gasteiger partial charge in [0.25, 0.3) is 5.91 Å². The van der Waals surface area contributed by atoms with Crippen molar-refractivity contribution in [1.82, 2.24) is 0 Å². The molecule has 0 bridgehead atoms. The molecule has 1 aliphatic heterocycles. The SMILES string of the molecule is CCC(=O)CCCN1C(=O)/C(=N/O)c2ccc(-c3ccsc3)cc21. The van der Waals surface area contributed by atoms with Crippen molar-refractivity contribution in [3.8, 4) is 11.1 Å². The second-order valence-electron chi connectivity index (χ2n) is 5.65. The smallest absolute Gasteiger partial charge is 0.281 e. The number of ketones is 1. The van der Waals surface area contributed by atoms with E-state index in [2.05, 4.69) is 5.16 Å². The van der Waals surface area contributed by atoms with Gasteiger partial charge in [0, 0.05) is 24.9 Å². The summed E-state index contributed by atoms with van der Waals surface area (Å²) in [5, 5.41) is 16.4. The maximum Gasteiger partial charge on any atom is 0.281 e. The number of rotatable bonds is 6. The maximum absolute atomic E-state index is 12.5. The number of amides is 1. The molecule has 0 atom stereocenters. The number of nitrogens with zero attached hydrogens (tertiary/aromatic N) is 2. The average Bonchev–Trinajstić information content (AvgIpc) is 3.21. The van der Waals surface area contributed by atoms with Gasteiger partial charge in [-0.2, -0.15) is 11.3 Å². The van der Waals surface area contributed by atoms with Crippen LogP contribution in [0.5, 0.6) is 0 Å². The standard InChI is InChI=1S/C18H18N2O3S/c1-2-14(21)4-3-8-20-16-10-12(13-7-9-24-11-13)5-6-15(16)17(19-23)18(20)22/h5-7,9-11,23H,2-4,8H2,1H3/b19-17+. The fourth-order valence-electron chi connectivity index (χ4n) is 2.85. The monoisotopic (exact) mass is 342 g/mol. The molecule has 1 aliphatic rings. The molecule has 0 fully saturated rings. The zero-order chi connectivity index (χ0) is 17.1. The van der Waals surface area contributed by atoms with E-state index in [9.17, 15) is 14.8 Å². The summed E-state index contributed by atoms with van der Waals surface area (Å²) in [6.07, 6.45) is 1.56. The fraction of sp³-hybridized carbons (Fsp3) is 0.278. The normalized spacial score (nSPS) is 15.1. The number of benzene rings is 1. The van der Waals surface area contributed by atoms with Gasteiger partial charge in [0.2, 0.25) is 0 Å². The topological polar surface area (TPSA) is 70.0 Å². The number of carbonyl (C=O) groups is 2. The van der Waals surface area contributed by atoms with Gasteiger partial charge in [0.1, 0.15) is 5.78 Å². The first-order valence-corrected chi connectivity index (χ1v) is 8.82. The fourth-order valence-corrected chi connectivity index (χ4v) is 3.51. The van der Waals surface area contributed by atoms with Crippen molar-refractivity contribution in [3.63, 3.8) is 0 Å². The van der Waals surface area contributed by atoms with Crippen molar-refractivity contribution in [2.45, 2.75) is 26.2 Å². The van der Waals surface area contributed by atoms with Gasteiger partial charge in [-0.1, -0.05) is 18.1 Å². The Kier molecular flexibility index (Phi) is 4.76. The Hall–Kier alpha value is -2.47. The van der Waals surface area contributed by atoms with Crippen LogP contribution in [0.2, 0.25) is 0 Å². The van der Waals surface area contributed by atoms with Crippen molar-refractivity contribution in [1.29, 1.82) is 0 Å². The molecule has 1 aromatic carbocycles. The predicted molar refractivity (Wildman–Crippen MR) is 95.0 cm³/mol. The molecular weight excluding hydrogens is 324 g/mol.